The molecule has 2 N–H and O–H groups in total. The Kier molecular flexibility index (Phi) is 3.84. The predicted molar refractivity (Wildman–Crippen MR) is 85.4 cm³/mol. The zero-order chi connectivity index (χ0) is 14.7. The highest BCUT2D eigenvalue weighted by Crippen LogP contribution is 2.16. The Labute approximate surface area is 125 Å². The maximum atomic E-state index is 6.29. The van der Waals surface area contributed by atoms with Crippen molar-refractivity contribution in [3.8, 4) is 5.69 Å². The number of hydrogen-bond acceptors (Lipinski definition) is 2. The second kappa shape index (κ2) is 5.94. The summed E-state index contributed by atoms with van der Waals surface area (Å²) in [5, 5.41) is 4.59. The van der Waals surface area contributed by atoms with Gasteiger partial charge in [0.25, 0.3) is 0 Å². The maximum absolute atomic E-state index is 6.29. The number of benzene rings is 2. The smallest absolute Gasteiger partial charge is 0.0799 e. The van der Waals surface area contributed by atoms with Crippen LogP contribution in [0.5, 0.6) is 0 Å². The fourth-order valence-electron chi connectivity index (χ4n) is 2.46. The summed E-state index contributed by atoms with van der Waals surface area (Å²) in [6, 6.07) is 20.4. The van der Waals surface area contributed by atoms with Gasteiger partial charge in [-0.2, -0.15) is 5.10 Å². The lowest BCUT2D eigenvalue weighted by Gasteiger charge is -2.09. The maximum Gasteiger partial charge on any atom is 0.0799 e. The first-order valence-electron chi connectivity index (χ1n) is 7.14. The summed E-state index contributed by atoms with van der Waals surface area (Å²) in [6.45, 7) is 2.10. The molecule has 1 unspecified atom stereocenters. The minimum atomic E-state index is -0.0863. The lowest BCUT2D eigenvalue weighted by Crippen LogP contribution is -2.14. The van der Waals surface area contributed by atoms with Gasteiger partial charge in [0.05, 0.1) is 17.4 Å². The third-order valence-electron chi connectivity index (χ3n) is 3.55. The number of para-hydroxylation sites is 1. The second-order valence-corrected chi connectivity index (χ2v) is 5.32. The van der Waals surface area contributed by atoms with Crippen LogP contribution in [0.25, 0.3) is 5.69 Å². The van der Waals surface area contributed by atoms with E-state index in [1.165, 1.54) is 11.1 Å². The Balaban J connectivity index is 1.77. The van der Waals surface area contributed by atoms with Crippen LogP contribution in [0.4, 0.5) is 0 Å². The van der Waals surface area contributed by atoms with Crippen molar-refractivity contribution in [2.75, 3.05) is 0 Å². The van der Waals surface area contributed by atoms with Crippen LogP contribution >= 0.6 is 0 Å². The molecule has 0 spiro atoms. The second-order valence-electron chi connectivity index (χ2n) is 5.32. The highest BCUT2D eigenvalue weighted by Gasteiger charge is 2.11. The summed E-state index contributed by atoms with van der Waals surface area (Å²) >= 11 is 0. The van der Waals surface area contributed by atoms with E-state index in [1.807, 2.05) is 47.3 Å². The summed E-state index contributed by atoms with van der Waals surface area (Å²) in [5.74, 6) is 0. The molecule has 0 aliphatic heterocycles. The number of aromatic nitrogens is 2. The number of aryl methyl sites for hydroxylation is 1. The van der Waals surface area contributed by atoms with Gasteiger partial charge >= 0.3 is 0 Å². The number of rotatable bonds is 4. The van der Waals surface area contributed by atoms with Crippen LogP contribution in [0.1, 0.15) is 22.9 Å². The molecule has 0 fully saturated rings. The molecule has 3 rings (SSSR count). The summed E-state index contributed by atoms with van der Waals surface area (Å²) in [5.41, 5.74) is 10.8. The largest absolute Gasteiger partial charge is 0.322 e. The van der Waals surface area contributed by atoms with Crippen LogP contribution in [-0.2, 0) is 6.42 Å². The monoisotopic (exact) mass is 277 g/mol. The van der Waals surface area contributed by atoms with Crippen molar-refractivity contribution in [1.29, 1.82) is 0 Å². The number of hydrogen-bond donors (Lipinski definition) is 1. The molecule has 21 heavy (non-hydrogen) atoms. The van der Waals surface area contributed by atoms with Crippen molar-refractivity contribution in [3.63, 3.8) is 0 Å². The van der Waals surface area contributed by atoms with Crippen molar-refractivity contribution in [3.05, 3.63) is 83.7 Å². The van der Waals surface area contributed by atoms with Crippen LogP contribution in [-0.4, -0.2) is 9.78 Å². The van der Waals surface area contributed by atoms with E-state index in [1.54, 1.807) is 0 Å². The molecular formula is C18H19N3. The first-order valence-corrected chi connectivity index (χ1v) is 7.14. The van der Waals surface area contributed by atoms with Gasteiger partial charge < -0.3 is 5.73 Å². The highest BCUT2D eigenvalue weighted by molar-refractivity contribution is 5.31. The normalized spacial score (nSPS) is 12.3. The quantitative estimate of drug-likeness (QED) is 0.794. The molecular weight excluding hydrogens is 258 g/mol. The average molecular weight is 277 g/mol. The minimum absolute atomic E-state index is 0.0863. The number of nitrogens with two attached hydrogens (primary N) is 1. The fourth-order valence-corrected chi connectivity index (χ4v) is 2.46. The minimum Gasteiger partial charge on any atom is -0.322 e. The molecule has 0 saturated carbocycles. The van der Waals surface area contributed by atoms with Crippen LogP contribution in [0.3, 0.4) is 0 Å². The van der Waals surface area contributed by atoms with Crippen LogP contribution in [0.2, 0.25) is 0 Å². The van der Waals surface area contributed by atoms with Gasteiger partial charge in [-0.1, -0.05) is 48.0 Å². The van der Waals surface area contributed by atoms with E-state index >= 15 is 0 Å². The summed E-state index contributed by atoms with van der Waals surface area (Å²) in [4.78, 5) is 0. The molecule has 1 atom stereocenters. The van der Waals surface area contributed by atoms with E-state index in [4.69, 9.17) is 5.73 Å². The molecule has 0 amide bonds. The molecule has 1 aromatic heterocycles. The van der Waals surface area contributed by atoms with E-state index in [2.05, 4.69) is 36.3 Å². The molecule has 3 nitrogen and oxygen atoms in total. The molecule has 106 valence electrons. The SMILES string of the molecule is Cc1cccc(CC(N)c2ccn(-c3ccccc3)n2)c1. The van der Waals surface area contributed by atoms with Gasteiger partial charge in [-0.25, -0.2) is 4.68 Å². The van der Waals surface area contributed by atoms with E-state index in [0.717, 1.165) is 17.8 Å². The molecule has 0 saturated heterocycles. The van der Waals surface area contributed by atoms with Gasteiger partial charge in [-0.05, 0) is 37.1 Å². The van der Waals surface area contributed by atoms with Crippen molar-refractivity contribution in [2.24, 2.45) is 5.73 Å². The van der Waals surface area contributed by atoms with Gasteiger partial charge in [-0.15, -0.1) is 0 Å². The van der Waals surface area contributed by atoms with E-state index < -0.39 is 0 Å². The fraction of sp³-hybridized carbons (Fsp3) is 0.167. The third-order valence-corrected chi connectivity index (χ3v) is 3.55. The summed E-state index contributed by atoms with van der Waals surface area (Å²) < 4.78 is 1.87. The van der Waals surface area contributed by atoms with Crippen molar-refractivity contribution < 1.29 is 0 Å². The van der Waals surface area contributed by atoms with Gasteiger partial charge in [0.15, 0.2) is 0 Å². The first-order chi connectivity index (χ1) is 10.2. The summed E-state index contributed by atoms with van der Waals surface area (Å²) in [7, 11) is 0. The third kappa shape index (κ3) is 3.20. The molecule has 0 aliphatic rings. The van der Waals surface area contributed by atoms with Crippen molar-refractivity contribution in [2.45, 2.75) is 19.4 Å². The Morgan fingerprint density at radius 1 is 1.05 bits per heavy atom. The average Bonchev–Trinajstić information content (AvgIpc) is 2.98. The zero-order valence-corrected chi connectivity index (χ0v) is 12.1. The Hall–Kier alpha value is -2.39. The van der Waals surface area contributed by atoms with Crippen LogP contribution < -0.4 is 5.73 Å². The van der Waals surface area contributed by atoms with Gasteiger partial charge in [0.1, 0.15) is 0 Å². The van der Waals surface area contributed by atoms with Gasteiger partial charge in [-0.3, -0.25) is 0 Å². The predicted octanol–water partition coefficient (Wildman–Crippen LogP) is 3.42. The zero-order valence-electron chi connectivity index (χ0n) is 12.1. The Morgan fingerprint density at radius 2 is 1.86 bits per heavy atom. The molecule has 1 heterocycles. The molecule has 0 bridgehead atoms. The van der Waals surface area contributed by atoms with Crippen LogP contribution in [0, 0.1) is 6.92 Å². The molecule has 0 aliphatic carbocycles. The Morgan fingerprint density at radius 3 is 2.62 bits per heavy atom. The lowest BCUT2D eigenvalue weighted by atomic mass is 10.0. The highest BCUT2D eigenvalue weighted by atomic mass is 15.3. The molecule has 0 radical (unpaired) electrons. The van der Waals surface area contributed by atoms with E-state index in [9.17, 15) is 0 Å². The van der Waals surface area contributed by atoms with E-state index in [-0.39, 0.29) is 6.04 Å². The van der Waals surface area contributed by atoms with Crippen molar-refractivity contribution >= 4 is 0 Å². The number of nitrogens with zero attached hydrogens (tertiary/aromatic N) is 2. The van der Waals surface area contributed by atoms with Gasteiger partial charge in [0.2, 0.25) is 0 Å². The lowest BCUT2D eigenvalue weighted by molar-refractivity contribution is 0.678. The first kappa shape index (κ1) is 13.6. The molecule has 2 aromatic carbocycles. The standard InChI is InChI=1S/C18H19N3/c1-14-6-5-7-15(12-14)13-17(19)18-10-11-21(20-18)16-8-3-2-4-9-16/h2-12,17H,13,19H2,1H3. The summed E-state index contributed by atoms with van der Waals surface area (Å²) in [6.07, 6.45) is 2.76. The van der Waals surface area contributed by atoms with Crippen LogP contribution in [0.15, 0.2) is 66.9 Å². The Bertz CT molecular complexity index is 716. The molecule has 3 heteroatoms. The molecule has 3 aromatic rings. The topological polar surface area (TPSA) is 43.8 Å². The van der Waals surface area contributed by atoms with Crippen molar-refractivity contribution in [1.82, 2.24) is 9.78 Å². The van der Waals surface area contributed by atoms with E-state index in [0.29, 0.717) is 0 Å². The van der Waals surface area contributed by atoms with Gasteiger partial charge in [0, 0.05) is 6.20 Å².